The normalized spacial score (nSPS) is 14.2. The molecule has 0 fully saturated rings. The summed E-state index contributed by atoms with van der Waals surface area (Å²) in [5, 5.41) is 11.2. The van der Waals surface area contributed by atoms with E-state index in [1.165, 1.54) is 24.3 Å². The van der Waals surface area contributed by atoms with Crippen LogP contribution in [0, 0.1) is 10.1 Å². The monoisotopic (exact) mass is 668 g/mol. The van der Waals surface area contributed by atoms with Crippen molar-refractivity contribution >= 4 is 83.0 Å². The summed E-state index contributed by atoms with van der Waals surface area (Å²) >= 11 is 16.6. The highest BCUT2D eigenvalue weighted by Gasteiger charge is 2.27. The minimum absolute atomic E-state index is 0.0270. The van der Waals surface area contributed by atoms with Crippen molar-refractivity contribution in [3.05, 3.63) is 106 Å². The van der Waals surface area contributed by atoms with Crippen molar-refractivity contribution in [3.63, 3.8) is 0 Å². The molecule has 0 aliphatic carbocycles. The molecule has 0 aromatic heterocycles. The van der Waals surface area contributed by atoms with Crippen molar-refractivity contribution in [2.75, 3.05) is 0 Å². The molecule has 0 unspecified atom stereocenters. The molecular weight excluding hydrogens is 659 g/mol. The number of nitro benzene ring substituents is 1. The van der Waals surface area contributed by atoms with E-state index in [9.17, 15) is 14.9 Å². The molecular formula is C23H12Br3ClN2O5. The number of ether oxygens (including phenoxy) is 2. The fourth-order valence-corrected chi connectivity index (χ4v) is 5.15. The van der Waals surface area contributed by atoms with Crippen LogP contribution in [0.3, 0.4) is 0 Å². The van der Waals surface area contributed by atoms with Gasteiger partial charge in [0.25, 0.3) is 5.69 Å². The Morgan fingerprint density at radius 2 is 1.82 bits per heavy atom. The van der Waals surface area contributed by atoms with Gasteiger partial charge in [0.2, 0.25) is 5.90 Å². The van der Waals surface area contributed by atoms with Gasteiger partial charge in [0.05, 0.1) is 24.5 Å². The fourth-order valence-electron chi connectivity index (χ4n) is 3.06. The lowest BCUT2D eigenvalue weighted by molar-refractivity contribution is -0.384. The van der Waals surface area contributed by atoms with Crippen LogP contribution in [-0.4, -0.2) is 16.8 Å². The summed E-state index contributed by atoms with van der Waals surface area (Å²) in [6, 6.07) is 15.2. The lowest BCUT2D eigenvalue weighted by Gasteiger charge is -2.12. The van der Waals surface area contributed by atoms with Gasteiger partial charge < -0.3 is 9.47 Å². The van der Waals surface area contributed by atoms with E-state index in [0.717, 1.165) is 10.0 Å². The first-order valence-corrected chi connectivity index (χ1v) is 12.3. The Hall–Kier alpha value is -2.53. The Morgan fingerprint density at radius 1 is 1.09 bits per heavy atom. The van der Waals surface area contributed by atoms with Gasteiger partial charge >= 0.3 is 5.97 Å². The fraction of sp³-hybridized carbons (Fsp3) is 0.0435. The van der Waals surface area contributed by atoms with Crippen LogP contribution < -0.4 is 4.74 Å². The third kappa shape index (κ3) is 5.57. The number of non-ortho nitro benzene ring substituents is 1. The van der Waals surface area contributed by atoms with Crippen molar-refractivity contribution in [2.24, 2.45) is 4.99 Å². The number of carbonyl (C=O) groups excluding carboxylic acids is 1. The van der Waals surface area contributed by atoms with Gasteiger partial charge in [-0.2, -0.15) is 0 Å². The van der Waals surface area contributed by atoms with Crippen LogP contribution in [0.1, 0.15) is 16.7 Å². The van der Waals surface area contributed by atoms with E-state index in [2.05, 4.69) is 52.8 Å². The second kappa shape index (κ2) is 10.4. The number of halogens is 4. The Morgan fingerprint density at radius 3 is 2.50 bits per heavy atom. The second-order valence-corrected chi connectivity index (χ2v) is 10.0. The Labute approximate surface area is 224 Å². The molecule has 0 saturated carbocycles. The molecule has 11 heteroatoms. The van der Waals surface area contributed by atoms with Gasteiger partial charge in [-0.1, -0.05) is 39.7 Å². The molecule has 1 heterocycles. The number of hydrogen-bond donors (Lipinski definition) is 0. The number of benzene rings is 3. The van der Waals surface area contributed by atoms with Gasteiger partial charge in [0, 0.05) is 16.6 Å². The van der Waals surface area contributed by atoms with E-state index in [0.29, 0.717) is 26.9 Å². The van der Waals surface area contributed by atoms with Crippen LogP contribution in [0.15, 0.2) is 78.7 Å². The average Bonchev–Trinajstić information content (AvgIpc) is 3.13. The predicted molar refractivity (Wildman–Crippen MR) is 139 cm³/mol. The van der Waals surface area contributed by atoms with Crippen LogP contribution in [0.4, 0.5) is 5.69 Å². The molecule has 0 saturated heterocycles. The Bertz CT molecular complexity index is 1370. The highest BCUT2D eigenvalue weighted by molar-refractivity contribution is 9.11. The topological polar surface area (TPSA) is 91.0 Å². The van der Waals surface area contributed by atoms with E-state index in [1.54, 1.807) is 12.1 Å². The molecule has 0 bridgehead atoms. The van der Waals surface area contributed by atoms with Crippen LogP contribution in [0.25, 0.3) is 6.08 Å². The van der Waals surface area contributed by atoms with Gasteiger partial charge in [0.15, 0.2) is 5.70 Å². The average molecular weight is 672 g/mol. The van der Waals surface area contributed by atoms with Gasteiger partial charge in [-0.05, 0) is 79.4 Å². The van der Waals surface area contributed by atoms with E-state index in [1.807, 2.05) is 24.3 Å². The lowest BCUT2D eigenvalue weighted by Crippen LogP contribution is -2.06. The third-order valence-electron chi connectivity index (χ3n) is 4.61. The molecule has 34 heavy (non-hydrogen) atoms. The van der Waals surface area contributed by atoms with E-state index in [4.69, 9.17) is 21.1 Å². The van der Waals surface area contributed by atoms with Crippen molar-refractivity contribution in [1.29, 1.82) is 0 Å². The summed E-state index contributed by atoms with van der Waals surface area (Å²) in [5.41, 5.74) is 1.64. The number of nitro groups is 1. The van der Waals surface area contributed by atoms with Crippen molar-refractivity contribution in [2.45, 2.75) is 6.61 Å². The summed E-state index contributed by atoms with van der Waals surface area (Å²) in [6.07, 6.45) is 1.54. The van der Waals surface area contributed by atoms with Crippen LogP contribution in [-0.2, 0) is 16.1 Å². The minimum Gasteiger partial charge on any atom is -0.487 e. The SMILES string of the molecule is O=C1OC(c2cc([N+](=O)[O-])ccc2Cl)=N/C1=C\c1cc(Br)c(OCc2cccc(Br)c2)c(Br)c1. The van der Waals surface area contributed by atoms with Gasteiger partial charge in [-0.15, -0.1) is 0 Å². The summed E-state index contributed by atoms with van der Waals surface area (Å²) in [7, 11) is 0. The number of rotatable bonds is 6. The summed E-state index contributed by atoms with van der Waals surface area (Å²) in [4.78, 5) is 27.1. The third-order valence-corrected chi connectivity index (χ3v) is 6.61. The minimum atomic E-state index is -0.695. The number of nitrogens with zero attached hydrogens (tertiary/aromatic N) is 2. The first kappa shape index (κ1) is 24.6. The smallest absolute Gasteiger partial charge is 0.363 e. The molecule has 7 nitrogen and oxygen atoms in total. The largest absolute Gasteiger partial charge is 0.487 e. The van der Waals surface area contributed by atoms with E-state index < -0.39 is 10.9 Å². The molecule has 1 aliphatic rings. The van der Waals surface area contributed by atoms with Crippen LogP contribution >= 0.6 is 59.4 Å². The maximum atomic E-state index is 12.4. The number of esters is 1. The lowest BCUT2D eigenvalue weighted by atomic mass is 10.2. The van der Waals surface area contributed by atoms with Crippen LogP contribution in [0.5, 0.6) is 5.75 Å². The Kier molecular flexibility index (Phi) is 7.51. The maximum Gasteiger partial charge on any atom is 0.363 e. The highest BCUT2D eigenvalue weighted by Crippen LogP contribution is 2.36. The quantitative estimate of drug-likeness (QED) is 0.118. The molecule has 0 amide bonds. The number of cyclic esters (lactones) is 1. The number of hydrogen-bond acceptors (Lipinski definition) is 6. The van der Waals surface area contributed by atoms with Gasteiger partial charge in [-0.25, -0.2) is 9.79 Å². The summed E-state index contributed by atoms with van der Waals surface area (Å²) in [6.45, 7) is 0.362. The molecule has 3 aromatic carbocycles. The molecule has 3 aromatic rings. The molecule has 0 N–H and O–H groups in total. The van der Waals surface area contributed by atoms with E-state index in [-0.39, 0.29) is 27.9 Å². The zero-order valence-corrected chi connectivity index (χ0v) is 22.4. The first-order valence-electron chi connectivity index (χ1n) is 9.54. The van der Waals surface area contributed by atoms with Crippen molar-refractivity contribution in [1.82, 2.24) is 0 Å². The predicted octanol–water partition coefficient (Wildman–Crippen LogP) is 7.46. The number of aliphatic imine (C=N–C) groups is 1. The first-order chi connectivity index (χ1) is 16.2. The van der Waals surface area contributed by atoms with Gasteiger partial charge in [-0.3, -0.25) is 10.1 Å². The zero-order chi connectivity index (χ0) is 24.4. The van der Waals surface area contributed by atoms with Crippen LogP contribution in [0.2, 0.25) is 5.02 Å². The summed E-state index contributed by atoms with van der Waals surface area (Å²) < 4.78 is 13.5. The molecule has 1 aliphatic heterocycles. The molecule has 0 atom stereocenters. The molecule has 172 valence electrons. The molecule has 0 spiro atoms. The Balaban J connectivity index is 1.59. The molecule has 4 rings (SSSR count). The van der Waals surface area contributed by atoms with Crippen molar-refractivity contribution < 1.29 is 19.2 Å². The van der Waals surface area contributed by atoms with E-state index >= 15 is 0 Å². The molecule has 0 radical (unpaired) electrons. The number of carbonyl (C=O) groups is 1. The highest BCUT2D eigenvalue weighted by atomic mass is 79.9. The second-order valence-electron chi connectivity index (χ2n) is 6.99. The zero-order valence-electron chi connectivity index (χ0n) is 16.9. The maximum absolute atomic E-state index is 12.4. The van der Waals surface area contributed by atoms with Gasteiger partial charge in [0.1, 0.15) is 12.4 Å². The summed E-state index contributed by atoms with van der Waals surface area (Å²) in [5.74, 6) is -0.194. The van der Waals surface area contributed by atoms with Crippen molar-refractivity contribution in [3.8, 4) is 5.75 Å². The standard InChI is InChI=1S/C23H12Br3ClN2O5/c24-14-3-1-2-12(6-14)11-33-21-17(25)7-13(8-18(21)26)9-20-23(30)34-22(28-20)16-10-15(29(31)32)4-5-19(16)27/h1-10H,11H2/b20-9-.